The molecule has 310 valence electrons. The third-order valence-corrected chi connectivity index (χ3v) is 15.0. The molecule has 2 aliphatic rings. The average Bonchev–Trinajstić information content (AvgIpc) is 4.04. The Labute approximate surface area is 387 Å². The number of furan rings is 1. The van der Waals surface area contributed by atoms with Gasteiger partial charge in [0.1, 0.15) is 11.2 Å². The van der Waals surface area contributed by atoms with Crippen molar-refractivity contribution in [2.24, 2.45) is 0 Å². The predicted octanol–water partition coefficient (Wildman–Crippen LogP) is 17.7. The lowest BCUT2D eigenvalue weighted by molar-refractivity contribution is 0.669. The van der Waals surface area contributed by atoms with Gasteiger partial charge in [-0.1, -0.05) is 188 Å². The Balaban J connectivity index is 0.975. The van der Waals surface area contributed by atoms with Crippen LogP contribution < -0.4 is 4.90 Å². The van der Waals surface area contributed by atoms with Crippen LogP contribution in [0.1, 0.15) is 22.3 Å². The van der Waals surface area contributed by atoms with Crippen molar-refractivity contribution in [1.29, 1.82) is 0 Å². The number of hydrogen-bond donors (Lipinski definition) is 0. The maximum Gasteiger partial charge on any atom is 0.136 e. The van der Waals surface area contributed by atoms with Crippen molar-refractivity contribution in [1.82, 2.24) is 0 Å². The fraction of sp³-hybridized carbons (Fsp3) is 0.0154. The van der Waals surface area contributed by atoms with E-state index in [1.165, 1.54) is 87.6 Å². The zero-order valence-corrected chi connectivity index (χ0v) is 36.4. The van der Waals surface area contributed by atoms with Crippen LogP contribution in [0.2, 0.25) is 0 Å². The van der Waals surface area contributed by atoms with Crippen molar-refractivity contribution in [2.75, 3.05) is 4.90 Å². The van der Waals surface area contributed by atoms with Crippen LogP contribution in [0, 0.1) is 0 Å². The van der Waals surface area contributed by atoms with Crippen molar-refractivity contribution in [2.45, 2.75) is 5.41 Å². The Hall–Kier alpha value is -8.72. The summed E-state index contributed by atoms with van der Waals surface area (Å²) in [4.78, 5) is 2.47. The highest BCUT2D eigenvalue weighted by Crippen LogP contribution is 2.63. The SMILES string of the molecule is c1ccc2c(c1)-c1ccccc1C21c2ccccc2-c2ccc(N(c3ccc(-c4cccc5oc6ccc7ccccc7c6c45)cc3)c3ccc4c5ccccc5c5ccccc5c4c3)cc21. The summed E-state index contributed by atoms with van der Waals surface area (Å²) in [5, 5.41) is 12.3. The molecule has 1 heterocycles. The minimum absolute atomic E-state index is 0.459. The standard InChI is InChI=1S/C65H39NO/c1-2-15-45-40(14-1)30-37-62-64(45)63-46(23-13-27-61(63)67-62)41-28-31-42(32-29-41)66(43-33-35-51-49-18-4-3-16-47(49)48-17-5-6-19-50(48)56(51)38-43)44-34-36-55-54-22-9-12-26-59(54)65(60(55)39-44)57-24-10-7-20-52(57)53-21-8-11-25-58(53)65/h1-39H. The van der Waals surface area contributed by atoms with Crippen molar-refractivity contribution >= 4 is 82.1 Å². The Morgan fingerprint density at radius 3 is 1.42 bits per heavy atom. The van der Waals surface area contributed by atoms with Crippen LogP contribution in [0.15, 0.2) is 241 Å². The van der Waals surface area contributed by atoms with Gasteiger partial charge < -0.3 is 9.32 Å². The molecule has 2 aliphatic carbocycles. The fourth-order valence-corrected chi connectivity index (χ4v) is 12.3. The lowest BCUT2D eigenvalue weighted by Gasteiger charge is -2.32. The maximum absolute atomic E-state index is 6.53. The molecule has 13 aromatic rings. The number of fused-ring (bicyclic) bond motifs is 21. The first-order valence-electron chi connectivity index (χ1n) is 23.2. The first kappa shape index (κ1) is 36.6. The summed E-state index contributed by atoms with van der Waals surface area (Å²) in [7, 11) is 0. The zero-order chi connectivity index (χ0) is 43.8. The van der Waals surface area contributed by atoms with Crippen molar-refractivity contribution in [3.05, 3.63) is 259 Å². The molecule has 2 heteroatoms. The van der Waals surface area contributed by atoms with Crippen LogP contribution >= 0.6 is 0 Å². The Bertz CT molecular complexity index is 4130. The average molecular weight is 850 g/mol. The van der Waals surface area contributed by atoms with Crippen LogP contribution in [0.25, 0.3) is 98.4 Å². The van der Waals surface area contributed by atoms with E-state index in [2.05, 4.69) is 241 Å². The second-order valence-corrected chi connectivity index (χ2v) is 18.3. The van der Waals surface area contributed by atoms with E-state index in [1.54, 1.807) is 0 Å². The molecule has 12 aromatic carbocycles. The first-order chi connectivity index (χ1) is 33.2. The van der Waals surface area contributed by atoms with E-state index in [9.17, 15) is 0 Å². The molecule has 0 N–H and O–H groups in total. The molecule has 1 aromatic heterocycles. The van der Waals surface area contributed by atoms with Crippen LogP contribution in [0.3, 0.4) is 0 Å². The van der Waals surface area contributed by atoms with Gasteiger partial charge >= 0.3 is 0 Å². The molecular weight excluding hydrogens is 811 g/mol. The second-order valence-electron chi connectivity index (χ2n) is 18.3. The van der Waals surface area contributed by atoms with Crippen LogP contribution in [0.4, 0.5) is 17.1 Å². The number of nitrogens with zero attached hydrogens (tertiary/aromatic N) is 1. The summed E-state index contributed by atoms with van der Waals surface area (Å²) in [6.45, 7) is 0. The van der Waals surface area contributed by atoms with E-state index in [4.69, 9.17) is 4.42 Å². The van der Waals surface area contributed by atoms with E-state index in [0.29, 0.717) is 0 Å². The molecule has 0 fully saturated rings. The summed E-state index contributed by atoms with van der Waals surface area (Å²) < 4.78 is 6.53. The van der Waals surface area contributed by atoms with Gasteiger partial charge in [-0.3, -0.25) is 0 Å². The van der Waals surface area contributed by atoms with Gasteiger partial charge in [-0.05, 0) is 147 Å². The Morgan fingerprint density at radius 2 is 0.761 bits per heavy atom. The molecule has 0 radical (unpaired) electrons. The molecule has 1 spiro atoms. The van der Waals surface area contributed by atoms with Gasteiger partial charge in [0.25, 0.3) is 0 Å². The quantitative estimate of drug-likeness (QED) is 0.164. The molecule has 0 amide bonds. The zero-order valence-electron chi connectivity index (χ0n) is 36.4. The molecule has 15 rings (SSSR count). The van der Waals surface area contributed by atoms with Crippen molar-refractivity contribution < 1.29 is 4.42 Å². The third kappa shape index (κ3) is 4.94. The molecule has 67 heavy (non-hydrogen) atoms. The number of benzene rings is 12. The molecule has 0 saturated heterocycles. The minimum atomic E-state index is -0.459. The lowest BCUT2D eigenvalue weighted by Crippen LogP contribution is -2.26. The highest BCUT2D eigenvalue weighted by Gasteiger charge is 2.51. The van der Waals surface area contributed by atoms with E-state index in [0.717, 1.165) is 50.1 Å². The summed E-state index contributed by atoms with van der Waals surface area (Å²) in [6.07, 6.45) is 0. The van der Waals surface area contributed by atoms with Gasteiger partial charge in [0.15, 0.2) is 0 Å². The first-order valence-corrected chi connectivity index (χ1v) is 23.2. The molecular formula is C65H39NO. The number of anilines is 3. The molecule has 0 bridgehead atoms. The van der Waals surface area contributed by atoms with E-state index in [1.807, 2.05) is 0 Å². The summed E-state index contributed by atoms with van der Waals surface area (Å²) in [5.74, 6) is 0. The Morgan fingerprint density at radius 1 is 0.284 bits per heavy atom. The highest BCUT2D eigenvalue weighted by atomic mass is 16.3. The summed E-state index contributed by atoms with van der Waals surface area (Å²) in [5.41, 5.74) is 17.5. The van der Waals surface area contributed by atoms with E-state index >= 15 is 0 Å². The van der Waals surface area contributed by atoms with Crippen LogP contribution in [-0.4, -0.2) is 0 Å². The number of hydrogen-bond acceptors (Lipinski definition) is 2. The lowest BCUT2D eigenvalue weighted by atomic mass is 9.70. The van der Waals surface area contributed by atoms with E-state index in [-0.39, 0.29) is 0 Å². The molecule has 0 aliphatic heterocycles. The fourth-order valence-electron chi connectivity index (χ4n) is 12.3. The van der Waals surface area contributed by atoms with Crippen molar-refractivity contribution in [3.8, 4) is 33.4 Å². The normalized spacial score (nSPS) is 13.2. The highest BCUT2D eigenvalue weighted by molar-refractivity contribution is 6.26. The third-order valence-electron chi connectivity index (χ3n) is 15.0. The predicted molar refractivity (Wildman–Crippen MR) is 280 cm³/mol. The van der Waals surface area contributed by atoms with Gasteiger partial charge in [0, 0.05) is 27.8 Å². The summed E-state index contributed by atoms with van der Waals surface area (Å²) in [6, 6.07) is 87.7. The van der Waals surface area contributed by atoms with Gasteiger partial charge in [0.05, 0.1) is 5.41 Å². The number of rotatable bonds is 4. The summed E-state index contributed by atoms with van der Waals surface area (Å²) >= 11 is 0. The monoisotopic (exact) mass is 849 g/mol. The van der Waals surface area contributed by atoms with Gasteiger partial charge in [0.2, 0.25) is 0 Å². The van der Waals surface area contributed by atoms with E-state index < -0.39 is 5.41 Å². The molecule has 0 unspecified atom stereocenters. The van der Waals surface area contributed by atoms with Crippen LogP contribution in [-0.2, 0) is 5.41 Å². The van der Waals surface area contributed by atoms with Gasteiger partial charge in [-0.25, -0.2) is 0 Å². The Kier molecular flexibility index (Phi) is 7.46. The van der Waals surface area contributed by atoms with Crippen LogP contribution in [0.5, 0.6) is 0 Å². The second kappa shape index (κ2) is 13.7. The van der Waals surface area contributed by atoms with Crippen molar-refractivity contribution in [3.63, 3.8) is 0 Å². The smallest absolute Gasteiger partial charge is 0.136 e. The molecule has 0 saturated carbocycles. The largest absolute Gasteiger partial charge is 0.456 e. The maximum atomic E-state index is 6.53. The molecule has 2 nitrogen and oxygen atoms in total. The van der Waals surface area contributed by atoms with Gasteiger partial charge in [-0.15, -0.1) is 0 Å². The molecule has 0 atom stereocenters. The minimum Gasteiger partial charge on any atom is -0.456 e. The van der Waals surface area contributed by atoms with Gasteiger partial charge in [-0.2, -0.15) is 0 Å². The topological polar surface area (TPSA) is 16.4 Å².